The first-order valence-corrected chi connectivity index (χ1v) is 6.00. The standard InChI is InChI=1S/C9H18N6S2/c1-4-5-7(13-15-9(17)11-3)6-12-14-8(16)10-2/h6H,4-5H2,1-3H3,(H2,10,14,16)(H2,11,15,17)/b12-6-,13-7-. The molecule has 0 aromatic rings. The fourth-order valence-electron chi connectivity index (χ4n) is 0.805. The minimum absolute atomic E-state index is 0.454. The summed E-state index contributed by atoms with van der Waals surface area (Å²) in [6, 6.07) is 0. The monoisotopic (exact) mass is 274 g/mol. The molecule has 0 rings (SSSR count). The highest BCUT2D eigenvalue weighted by molar-refractivity contribution is 7.80. The molecule has 6 nitrogen and oxygen atoms in total. The third-order valence-corrected chi connectivity index (χ3v) is 2.23. The molecule has 0 amide bonds. The molecule has 0 atom stereocenters. The number of rotatable bonds is 5. The molecule has 0 unspecified atom stereocenters. The lowest BCUT2D eigenvalue weighted by Gasteiger charge is -2.03. The Balaban J connectivity index is 4.31. The Kier molecular flexibility index (Phi) is 9.17. The van der Waals surface area contributed by atoms with E-state index >= 15 is 0 Å². The minimum Gasteiger partial charge on any atom is -0.364 e. The Morgan fingerprint density at radius 2 is 1.71 bits per heavy atom. The zero-order chi connectivity index (χ0) is 13.1. The lowest BCUT2D eigenvalue weighted by molar-refractivity contribution is 0.936. The maximum Gasteiger partial charge on any atom is 0.186 e. The summed E-state index contributed by atoms with van der Waals surface area (Å²) >= 11 is 9.79. The van der Waals surface area contributed by atoms with Gasteiger partial charge >= 0.3 is 0 Å². The minimum atomic E-state index is 0.454. The fourth-order valence-corrected chi connectivity index (χ4v) is 0.904. The van der Waals surface area contributed by atoms with Crippen LogP contribution in [0.1, 0.15) is 19.8 Å². The van der Waals surface area contributed by atoms with Crippen LogP contribution in [0.25, 0.3) is 0 Å². The van der Waals surface area contributed by atoms with Crippen molar-refractivity contribution in [1.82, 2.24) is 21.5 Å². The van der Waals surface area contributed by atoms with E-state index in [1.54, 1.807) is 20.3 Å². The van der Waals surface area contributed by atoms with E-state index in [0.717, 1.165) is 18.6 Å². The molecule has 0 saturated heterocycles. The van der Waals surface area contributed by atoms with E-state index in [2.05, 4.69) is 38.6 Å². The van der Waals surface area contributed by atoms with E-state index in [1.165, 1.54) is 0 Å². The molecular weight excluding hydrogens is 256 g/mol. The van der Waals surface area contributed by atoms with E-state index in [9.17, 15) is 0 Å². The van der Waals surface area contributed by atoms with Crippen LogP contribution in [0.2, 0.25) is 0 Å². The summed E-state index contributed by atoms with van der Waals surface area (Å²) in [6.45, 7) is 2.06. The Labute approximate surface area is 112 Å². The highest BCUT2D eigenvalue weighted by atomic mass is 32.1. The van der Waals surface area contributed by atoms with Crippen LogP contribution in [-0.2, 0) is 0 Å². The van der Waals surface area contributed by atoms with Gasteiger partial charge in [-0.2, -0.15) is 10.2 Å². The molecule has 0 heterocycles. The quantitative estimate of drug-likeness (QED) is 0.329. The molecule has 0 aliphatic heterocycles. The maximum atomic E-state index is 4.91. The number of hydrazone groups is 2. The van der Waals surface area contributed by atoms with E-state index in [4.69, 9.17) is 24.4 Å². The predicted octanol–water partition coefficient (Wildman–Crippen LogP) is 0.316. The highest BCUT2D eigenvalue weighted by Gasteiger charge is 1.95. The molecule has 0 saturated carbocycles. The van der Waals surface area contributed by atoms with Gasteiger partial charge in [0.05, 0.1) is 11.9 Å². The van der Waals surface area contributed by atoms with Crippen molar-refractivity contribution in [1.29, 1.82) is 0 Å². The van der Waals surface area contributed by atoms with Crippen molar-refractivity contribution in [3.05, 3.63) is 0 Å². The first kappa shape index (κ1) is 15.7. The molecule has 17 heavy (non-hydrogen) atoms. The van der Waals surface area contributed by atoms with Gasteiger partial charge in [0.2, 0.25) is 0 Å². The zero-order valence-corrected chi connectivity index (χ0v) is 11.8. The Morgan fingerprint density at radius 1 is 1.12 bits per heavy atom. The topological polar surface area (TPSA) is 72.8 Å². The molecule has 8 heteroatoms. The van der Waals surface area contributed by atoms with Crippen LogP contribution < -0.4 is 21.5 Å². The van der Waals surface area contributed by atoms with Crippen LogP contribution in [-0.4, -0.2) is 36.2 Å². The lowest BCUT2D eigenvalue weighted by Crippen LogP contribution is -2.30. The molecule has 0 aromatic heterocycles. The number of hydrogen-bond acceptors (Lipinski definition) is 4. The third-order valence-electron chi connectivity index (χ3n) is 1.64. The Hall–Kier alpha value is -1.28. The summed E-state index contributed by atoms with van der Waals surface area (Å²) in [5.74, 6) is 0. The van der Waals surface area contributed by atoms with Crippen LogP contribution >= 0.6 is 24.4 Å². The van der Waals surface area contributed by atoms with Gasteiger partial charge in [-0.15, -0.1) is 0 Å². The summed E-state index contributed by atoms with van der Waals surface area (Å²) in [6.07, 6.45) is 3.38. The predicted molar refractivity (Wildman–Crippen MR) is 80.4 cm³/mol. The van der Waals surface area contributed by atoms with Gasteiger partial charge in [0.25, 0.3) is 0 Å². The van der Waals surface area contributed by atoms with Gasteiger partial charge in [0.1, 0.15) is 0 Å². The summed E-state index contributed by atoms with van der Waals surface area (Å²) < 4.78 is 0. The average molecular weight is 274 g/mol. The van der Waals surface area contributed by atoms with Crippen molar-refractivity contribution < 1.29 is 0 Å². The van der Waals surface area contributed by atoms with Gasteiger partial charge in [-0.25, -0.2) is 0 Å². The highest BCUT2D eigenvalue weighted by Crippen LogP contribution is 1.89. The normalized spacial score (nSPS) is 11.1. The van der Waals surface area contributed by atoms with Crippen LogP contribution in [0, 0.1) is 0 Å². The van der Waals surface area contributed by atoms with Crippen molar-refractivity contribution in [2.75, 3.05) is 14.1 Å². The second-order valence-corrected chi connectivity index (χ2v) is 3.81. The van der Waals surface area contributed by atoms with Gasteiger partial charge in [-0.1, -0.05) is 13.3 Å². The number of hydrogen-bond donors (Lipinski definition) is 4. The van der Waals surface area contributed by atoms with Gasteiger partial charge < -0.3 is 10.6 Å². The van der Waals surface area contributed by atoms with Crippen LogP contribution in [0.15, 0.2) is 10.2 Å². The largest absolute Gasteiger partial charge is 0.364 e. The van der Waals surface area contributed by atoms with E-state index < -0.39 is 0 Å². The molecule has 0 spiro atoms. The smallest absolute Gasteiger partial charge is 0.186 e. The summed E-state index contributed by atoms with van der Waals surface area (Å²) in [7, 11) is 3.45. The van der Waals surface area contributed by atoms with Crippen molar-refractivity contribution >= 4 is 46.6 Å². The molecule has 0 radical (unpaired) electrons. The molecule has 96 valence electrons. The zero-order valence-electron chi connectivity index (χ0n) is 10.2. The SMILES string of the molecule is CCCC(/C=N\NC(=S)NC)=N/NC(=S)NC. The Morgan fingerprint density at radius 3 is 2.24 bits per heavy atom. The van der Waals surface area contributed by atoms with E-state index in [1.807, 2.05) is 0 Å². The van der Waals surface area contributed by atoms with Crippen LogP contribution in [0.4, 0.5) is 0 Å². The second-order valence-electron chi connectivity index (χ2n) is 2.99. The molecule has 0 aromatic carbocycles. The van der Waals surface area contributed by atoms with E-state index in [-0.39, 0.29) is 0 Å². The second kappa shape index (κ2) is 9.91. The molecule has 0 fully saturated rings. The van der Waals surface area contributed by atoms with E-state index in [0.29, 0.717) is 10.2 Å². The molecule has 0 aliphatic rings. The van der Waals surface area contributed by atoms with Gasteiger partial charge in [0, 0.05) is 14.1 Å². The number of nitrogens with zero attached hydrogens (tertiary/aromatic N) is 2. The lowest BCUT2D eigenvalue weighted by atomic mass is 10.2. The Bertz CT molecular complexity index is 313. The number of thiocarbonyl (C=S) groups is 2. The summed E-state index contributed by atoms with van der Waals surface area (Å²) in [5.41, 5.74) is 6.15. The van der Waals surface area contributed by atoms with Crippen LogP contribution in [0.3, 0.4) is 0 Å². The molecular formula is C9H18N6S2. The molecule has 0 aliphatic carbocycles. The average Bonchev–Trinajstić information content (AvgIpc) is 2.35. The van der Waals surface area contributed by atoms with Gasteiger partial charge in [0.15, 0.2) is 10.2 Å². The number of nitrogens with one attached hydrogen (secondary N) is 4. The molecule has 0 bridgehead atoms. The first-order valence-electron chi connectivity index (χ1n) is 5.19. The van der Waals surface area contributed by atoms with Crippen LogP contribution in [0.5, 0.6) is 0 Å². The fraction of sp³-hybridized carbons (Fsp3) is 0.556. The maximum absolute atomic E-state index is 4.91. The first-order chi connectivity index (χ1) is 8.13. The van der Waals surface area contributed by atoms with Gasteiger partial charge in [-0.05, 0) is 30.9 Å². The van der Waals surface area contributed by atoms with Crippen molar-refractivity contribution in [3.63, 3.8) is 0 Å². The summed E-state index contributed by atoms with van der Waals surface area (Å²) in [4.78, 5) is 0. The van der Waals surface area contributed by atoms with Crippen molar-refractivity contribution in [2.45, 2.75) is 19.8 Å². The van der Waals surface area contributed by atoms with Crippen molar-refractivity contribution in [2.24, 2.45) is 10.2 Å². The van der Waals surface area contributed by atoms with Gasteiger partial charge in [-0.3, -0.25) is 10.9 Å². The molecule has 4 N–H and O–H groups in total. The summed E-state index contributed by atoms with van der Waals surface area (Å²) in [5, 5.41) is 14.5. The third kappa shape index (κ3) is 8.52. The van der Waals surface area contributed by atoms with Crippen molar-refractivity contribution in [3.8, 4) is 0 Å².